The maximum atomic E-state index is 12.0. The molecule has 0 heterocycles. The molecule has 0 radical (unpaired) electrons. The number of aryl methyl sites for hydroxylation is 2. The predicted octanol–water partition coefficient (Wildman–Crippen LogP) is 4.97. The highest BCUT2D eigenvalue weighted by Crippen LogP contribution is 2.22. The predicted molar refractivity (Wildman–Crippen MR) is 89.5 cm³/mol. The normalized spacial score (nSPS) is 10.6. The Labute approximate surface area is 132 Å². The number of thioether (sulfide) groups is 1. The van der Waals surface area contributed by atoms with Gasteiger partial charge in [0, 0.05) is 15.8 Å². The summed E-state index contributed by atoms with van der Waals surface area (Å²) in [6, 6.07) is 14.3. The largest absolute Gasteiger partial charge is 0.298 e. The molecule has 20 heavy (non-hydrogen) atoms. The van der Waals surface area contributed by atoms with Gasteiger partial charge < -0.3 is 0 Å². The first-order valence-electron chi connectivity index (χ1n) is 6.51. The van der Waals surface area contributed by atoms with Crippen LogP contribution >= 0.6 is 27.7 Å². The number of carbonyl (C=O) groups is 1. The minimum atomic E-state index is 0.262. The van der Waals surface area contributed by atoms with Crippen molar-refractivity contribution in [3.05, 3.63) is 63.6 Å². The summed E-state index contributed by atoms with van der Waals surface area (Å²) in [5, 5.41) is 0. The SMILES string of the molecule is Cc1ccc(CC(=O)CSc2cccc(Br)c2)cc1C. The zero-order valence-corrected chi connectivity index (χ0v) is 14.1. The Balaban J connectivity index is 1.91. The molecule has 3 heteroatoms. The van der Waals surface area contributed by atoms with Crippen molar-refractivity contribution in [2.24, 2.45) is 0 Å². The first-order chi connectivity index (χ1) is 9.54. The van der Waals surface area contributed by atoms with Crippen LogP contribution in [0.1, 0.15) is 16.7 Å². The van der Waals surface area contributed by atoms with Crippen LogP contribution < -0.4 is 0 Å². The van der Waals surface area contributed by atoms with Gasteiger partial charge in [-0.05, 0) is 48.7 Å². The lowest BCUT2D eigenvalue weighted by Crippen LogP contribution is -2.06. The van der Waals surface area contributed by atoms with Gasteiger partial charge in [0.25, 0.3) is 0 Å². The van der Waals surface area contributed by atoms with Crippen molar-refractivity contribution in [3.63, 3.8) is 0 Å². The summed E-state index contributed by atoms with van der Waals surface area (Å²) in [7, 11) is 0. The van der Waals surface area contributed by atoms with Crippen LogP contribution in [0, 0.1) is 13.8 Å². The number of ketones is 1. The summed E-state index contributed by atoms with van der Waals surface area (Å²) in [4.78, 5) is 13.2. The fourth-order valence-corrected chi connectivity index (χ4v) is 3.28. The molecular formula is C17H17BrOS. The number of hydrogen-bond donors (Lipinski definition) is 0. The van der Waals surface area contributed by atoms with E-state index in [9.17, 15) is 4.79 Å². The standard InChI is InChI=1S/C17H17BrOS/c1-12-6-7-14(8-13(12)2)9-16(19)11-20-17-5-3-4-15(18)10-17/h3-8,10H,9,11H2,1-2H3. The number of hydrogen-bond acceptors (Lipinski definition) is 2. The van der Waals surface area contributed by atoms with Gasteiger partial charge in [-0.1, -0.05) is 40.2 Å². The lowest BCUT2D eigenvalue weighted by Gasteiger charge is -2.05. The van der Waals surface area contributed by atoms with E-state index in [-0.39, 0.29) is 5.78 Å². The Kier molecular flexibility index (Phi) is 5.44. The molecule has 0 N–H and O–H groups in total. The van der Waals surface area contributed by atoms with Gasteiger partial charge in [0.15, 0.2) is 0 Å². The number of benzene rings is 2. The quantitative estimate of drug-likeness (QED) is 0.709. The summed E-state index contributed by atoms with van der Waals surface area (Å²) >= 11 is 5.03. The van der Waals surface area contributed by atoms with Crippen LogP contribution in [0.4, 0.5) is 0 Å². The molecule has 0 saturated heterocycles. The molecule has 0 amide bonds. The van der Waals surface area contributed by atoms with Crippen molar-refractivity contribution in [1.29, 1.82) is 0 Å². The third-order valence-corrected chi connectivity index (χ3v) is 4.72. The Morgan fingerprint density at radius 2 is 1.90 bits per heavy atom. The van der Waals surface area contributed by atoms with Crippen LogP contribution in [0.2, 0.25) is 0 Å². The van der Waals surface area contributed by atoms with E-state index in [1.807, 2.05) is 30.3 Å². The Hall–Kier alpha value is -1.06. The van der Waals surface area contributed by atoms with Crippen LogP contribution in [-0.4, -0.2) is 11.5 Å². The summed E-state index contributed by atoms with van der Waals surface area (Å²) < 4.78 is 1.05. The minimum Gasteiger partial charge on any atom is -0.298 e. The Morgan fingerprint density at radius 3 is 2.60 bits per heavy atom. The van der Waals surface area contributed by atoms with Gasteiger partial charge in [-0.25, -0.2) is 0 Å². The maximum absolute atomic E-state index is 12.0. The van der Waals surface area contributed by atoms with Gasteiger partial charge in [0.2, 0.25) is 0 Å². The molecule has 0 spiro atoms. The number of halogens is 1. The van der Waals surface area contributed by atoms with Crippen molar-refractivity contribution in [2.75, 3.05) is 5.75 Å². The molecule has 104 valence electrons. The van der Waals surface area contributed by atoms with Crippen molar-refractivity contribution in [1.82, 2.24) is 0 Å². The van der Waals surface area contributed by atoms with Crippen LogP contribution in [0.5, 0.6) is 0 Å². The van der Waals surface area contributed by atoms with Crippen molar-refractivity contribution >= 4 is 33.5 Å². The monoisotopic (exact) mass is 348 g/mol. The van der Waals surface area contributed by atoms with Crippen LogP contribution in [0.3, 0.4) is 0 Å². The summed E-state index contributed by atoms with van der Waals surface area (Å²) in [5.41, 5.74) is 3.62. The topological polar surface area (TPSA) is 17.1 Å². The van der Waals surface area contributed by atoms with E-state index in [1.54, 1.807) is 11.8 Å². The van der Waals surface area contributed by atoms with Gasteiger partial charge in [-0.3, -0.25) is 4.79 Å². The molecule has 2 aromatic carbocycles. The molecule has 0 aliphatic carbocycles. The highest BCUT2D eigenvalue weighted by molar-refractivity contribution is 9.10. The molecule has 2 aromatic rings. The molecule has 0 unspecified atom stereocenters. The highest BCUT2D eigenvalue weighted by atomic mass is 79.9. The van der Waals surface area contributed by atoms with Crippen molar-refractivity contribution < 1.29 is 4.79 Å². The second-order valence-corrected chi connectivity index (χ2v) is 6.84. The average Bonchev–Trinajstić information content (AvgIpc) is 2.41. The smallest absolute Gasteiger partial charge is 0.147 e. The first-order valence-corrected chi connectivity index (χ1v) is 8.28. The molecule has 0 saturated carbocycles. The Bertz CT molecular complexity index is 622. The molecule has 1 nitrogen and oxygen atoms in total. The third-order valence-electron chi connectivity index (χ3n) is 3.17. The zero-order chi connectivity index (χ0) is 14.5. The molecule has 0 fully saturated rings. The van der Waals surface area contributed by atoms with Gasteiger partial charge in [-0.2, -0.15) is 0 Å². The maximum Gasteiger partial charge on any atom is 0.147 e. The van der Waals surface area contributed by atoms with Crippen LogP contribution in [0.15, 0.2) is 51.8 Å². The van der Waals surface area contributed by atoms with Crippen LogP contribution in [-0.2, 0) is 11.2 Å². The molecule has 0 bridgehead atoms. The lowest BCUT2D eigenvalue weighted by atomic mass is 10.0. The second kappa shape index (κ2) is 7.09. The van der Waals surface area contributed by atoms with E-state index in [2.05, 4.69) is 41.9 Å². The fourth-order valence-electron chi connectivity index (χ4n) is 1.91. The summed E-state index contributed by atoms with van der Waals surface area (Å²) in [5.74, 6) is 0.779. The first kappa shape index (κ1) is 15.3. The molecule has 0 atom stereocenters. The van der Waals surface area contributed by atoms with Gasteiger partial charge in [0.1, 0.15) is 5.78 Å². The molecule has 2 rings (SSSR count). The van der Waals surface area contributed by atoms with E-state index in [0.29, 0.717) is 12.2 Å². The average molecular weight is 349 g/mol. The van der Waals surface area contributed by atoms with E-state index in [4.69, 9.17) is 0 Å². The van der Waals surface area contributed by atoms with Crippen molar-refractivity contribution in [2.45, 2.75) is 25.2 Å². The summed E-state index contributed by atoms with van der Waals surface area (Å²) in [6.45, 7) is 4.17. The van der Waals surface area contributed by atoms with Gasteiger partial charge >= 0.3 is 0 Å². The third kappa shape index (κ3) is 4.50. The number of rotatable bonds is 5. The molecule has 0 aliphatic rings. The Morgan fingerprint density at radius 1 is 1.10 bits per heavy atom. The van der Waals surface area contributed by atoms with Gasteiger partial charge in [-0.15, -0.1) is 11.8 Å². The van der Waals surface area contributed by atoms with E-state index in [0.717, 1.165) is 14.9 Å². The highest BCUT2D eigenvalue weighted by Gasteiger charge is 2.06. The van der Waals surface area contributed by atoms with Crippen LogP contribution in [0.25, 0.3) is 0 Å². The summed E-state index contributed by atoms with van der Waals surface area (Å²) in [6.07, 6.45) is 0.516. The molecular weight excluding hydrogens is 332 g/mol. The zero-order valence-electron chi connectivity index (χ0n) is 11.7. The fraction of sp³-hybridized carbons (Fsp3) is 0.235. The molecule has 0 aliphatic heterocycles. The number of carbonyl (C=O) groups excluding carboxylic acids is 1. The van der Waals surface area contributed by atoms with E-state index < -0.39 is 0 Å². The van der Waals surface area contributed by atoms with Gasteiger partial charge in [0.05, 0.1) is 5.75 Å². The lowest BCUT2D eigenvalue weighted by molar-refractivity contribution is -0.116. The minimum absolute atomic E-state index is 0.262. The molecule has 0 aromatic heterocycles. The van der Waals surface area contributed by atoms with Crippen molar-refractivity contribution in [3.8, 4) is 0 Å². The number of Topliss-reactive ketones (excluding diaryl/α,β-unsaturated/α-hetero) is 1. The van der Waals surface area contributed by atoms with E-state index >= 15 is 0 Å². The second-order valence-electron chi connectivity index (χ2n) is 4.88. The van der Waals surface area contributed by atoms with E-state index in [1.165, 1.54) is 11.1 Å².